The van der Waals surface area contributed by atoms with Crippen molar-refractivity contribution in [2.75, 3.05) is 13.1 Å². The summed E-state index contributed by atoms with van der Waals surface area (Å²) in [7, 11) is 0. The average Bonchev–Trinajstić information content (AvgIpc) is 2.53. The maximum atomic E-state index is 12.4. The summed E-state index contributed by atoms with van der Waals surface area (Å²) < 4.78 is 0. The van der Waals surface area contributed by atoms with E-state index >= 15 is 0 Å². The van der Waals surface area contributed by atoms with E-state index in [1.807, 2.05) is 35.2 Å². The van der Waals surface area contributed by atoms with E-state index in [2.05, 4.69) is 13.8 Å². The molecule has 0 saturated carbocycles. The smallest absolute Gasteiger partial charge is 0.246 e. The van der Waals surface area contributed by atoms with E-state index in [0.29, 0.717) is 5.02 Å². The molecule has 0 N–H and O–H groups in total. The Bertz CT molecular complexity index is 443. The van der Waals surface area contributed by atoms with Crippen LogP contribution in [0, 0.1) is 0 Å². The molecule has 0 saturated heterocycles. The molecule has 0 bridgehead atoms. The van der Waals surface area contributed by atoms with Gasteiger partial charge in [0.05, 0.1) is 0 Å². The molecule has 1 rings (SSSR count). The molecule has 1 amide bonds. The fraction of sp³-hybridized carbons (Fsp3) is 0.526. The first-order valence-electron chi connectivity index (χ1n) is 8.40. The van der Waals surface area contributed by atoms with Crippen LogP contribution in [-0.2, 0) is 4.79 Å². The minimum absolute atomic E-state index is 0.113. The fourth-order valence-electron chi connectivity index (χ4n) is 2.28. The molecular formula is C19H28ClNO. The van der Waals surface area contributed by atoms with Crippen LogP contribution in [0.1, 0.15) is 57.9 Å². The Hall–Kier alpha value is -1.28. The molecule has 0 spiro atoms. The summed E-state index contributed by atoms with van der Waals surface area (Å²) in [6.07, 6.45) is 10.4. The second kappa shape index (κ2) is 11.3. The van der Waals surface area contributed by atoms with Crippen molar-refractivity contribution < 1.29 is 4.79 Å². The Balaban J connectivity index is 2.58. The van der Waals surface area contributed by atoms with Crippen molar-refractivity contribution in [1.82, 2.24) is 4.90 Å². The molecule has 0 unspecified atom stereocenters. The third kappa shape index (κ3) is 7.65. The van der Waals surface area contributed by atoms with Crippen molar-refractivity contribution in [2.45, 2.75) is 52.4 Å². The number of unbranched alkanes of at least 4 members (excludes halogenated alkanes) is 4. The van der Waals surface area contributed by atoms with Gasteiger partial charge < -0.3 is 4.90 Å². The number of nitrogens with zero attached hydrogens (tertiary/aromatic N) is 1. The van der Waals surface area contributed by atoms with Crippen molar-refractivity contribution >= 4 is 23.6 Å². The van der Waals surface area contributed by atoms with Gasteiger partial charge in [-0.1, -0.05) is 63.3 Å². The van der Waals surface area contributed by atoms with Crippen molar-refractivity contribution in [1.29, 1.82) is 0 Å². The van der Waals surface area contributed by atoms with E-state index < -0.39 is 0 Å². The number of benzene rings is 1. The maximum Gasteiger partial charge on any atom is 0.246 e. The molecule has 0 aliphatic rings. The van der Waals surface area contributed by atoms with E-state index in [1.54, 1.807) is 6.08 Å². The predicted molar refractivity (Wildman–Crippen MR) is 96.1 cm³/mol. The number of amides is 1. The second-order valence-electron chi connectivity index (χ2n) is 5.62. The predicted octanol–water partition coefficient (Wildman–Crippen LogP) is 5.56. The molecule has 1 aromatic rings. The van der Waals surface area contributed by atoms with Crippen molar-refractivity contribution in [3.05, 3.63) is 40.9 Å². The molecule has 2 nitrogen and oxygen atoms in total. The Morgan fingerprint density at radius 3 is 2.05 bits per heavy atom. The molecular weight excluding hydrogens is 294 g/mol. The third-order valence-electron chi connectivity index (χ3n) is 3.66. The van der Waals surface area contributed by atoms with Crippen LogP contribution in [0.2, 0.25) is 5.02 Å². The van der Waals surface area contributed by atoms with Gasteiger partial charge in [0.2, 0.25) is 5.91 Å². The monoisotopic (exact) mass is 321 g/mol. The number of carbonyl (C=O) groups excluding carboxylic acids is 1. The molecule has 0 aliphatic heterocycles. The highest BCUT2D eigenvalue weighted by molar-refractivity contribution is 6.30. The summed E-state index contributed by atoms with van der Waals surface area (Å²) in [5, 5.41) is 0.712. The zero-order chi connectivity index (χ0) is 16.2. The number of halogens is 1. The lowest BCUT2D eigenvalue weighted by Gasteiger charge is -2.21. The third-order valence-corrected chi connectivity index (χ3v) is 3.92. The van der Waals surface area contributed by atoms with Crippen LogP contribution < -0.4 is 0 Å². The quantitative estimate of drug-likeness (QED) is 0.408. The molecule has 3 heteroatoms. The first-order chi connectivity index (χ1) is 10.7. The van der Waals surface area contributed by atoms with Crippen LogP contribution >= 0.6 is 11.6 Å². The van der Waals surface area contributed by atoms with Gasteiger partial charge in [-0.25, -0.2) is 0 Å². The molecule has 0 atom stereocenters. The summed E-state index contributed by atoms with van der Waals surface area (Å²) in [4.78, 5) is 14.4. The van der Waals surface area contributed by atoms with Gasteiger partial charge >= 0.3 is 0 Å². The van der Waals surface area contributed by atoms with Crippen LogP contribution in [0.15, 0.2) is 30.3 Å². The molecule has 0 radical (unpaired) electrons. The van der Waals surface area contributed by atoms with Crippen LogP contribution in [0.3, 0.4) is 0 Å². The van der Waals surface area contributed by atoms with Crippen molar-refractivity contribution in [3.63, 3.8) is 0 Å². The Kier molecular flexibility index (Phi) is 9.65. The number of carbonyl (C=O) groups is 1. The summed E-state index contributed by atoms with van der Waals surface area (Å²) in [6.45, 7) is 6.09. The van der Waals surface area contributed by atoms with E-state index in [0.717, 1.165) is 31.5 Å². The zero-order valence-electron chi connectivity index (χ0n) is 13.9. The lowest BCUT2D eigenvalue weighted by atomic mass is 10.2. The van der Waals surface area contributed by atoms with Gasteiger partial charge in [0.15, 0.2) is 0 Å². The van der Waals surface area contributed by atoms with E-state index in [1.165, 1.54) is 25.7 Å². The summed E-state index contributed by atoms with van der Waals surface area (Å²) in [5.74, 6) is 0.113. The molecule has 0 fully saturated rings. The van der Waals surface area contributed by atoms with Gasteiger partial charge in [0.25, 0.3) is 0 Å². The van der Waals surface area contributed by atoms with Gasteiger partial charge in [-0.05, 0) is 36.6 Å². The van der Waals surface area contributed by atoms with E-state index in [4.69, 9.17) is 11.6 Å². The van der Waals surface area contributed by atoms with Gasteiger partial charge in [0.1, 0.15) is 0 Å². The number of hydrogen-bond donors (Lipinski definition) is 0. The molecule has 122 valence electrons. The maximum absolute atomic E-state index is 12.4. The van der Waals surface area contributed by atoms with Crippen LogP contribution in [0.4, 0.5) is 0 Å². The first kappa shape index (κ1) is 18.8. The Labute approximate surface area is 140 Å². The lowest BCUT2D eigenvalue weighted by Crippen LogP contribution is -2.31. The topological polar surface area (TPSA) is 20.3 Å². The van der Waals surface area contributed by atoms with Crippen molar-refractivity contribution in [2.24, 2.45) is 0 Å². The minimum atomic E-state index is 0.113. The molecule has 0 aliphatic carbocycles. The molecule has 0 heterocycles. The van der Waals surface area contributed by atoms with Gasteiger partial charge in [0, 0.05) is 24.2 Å². The number of rotatable bonds is 10. The molecule has 1 aromatic carbocycles. The standard InChI is InChI=1S/C19H28ClNO/c1-3-5-7-15-21(16-8-6-4-2)19(22)14-11-17-9-12-18(20)13-10-17/h9-14H,3-8,15-16H2,1-2H3. The lowest BCUT2D eigenvalue weighted by molar-refractivity contribution is -0.126. The summed E-state index contributed by atoms with van der Waals surface area (Å²) in [6, 6.07) is 7.52. The first-order valence-corrected chi connectivity index (χ1v) is 8.77. The molecule has 0 aromatic heterocycles. The van der Waals surface area contributed by atoms with Gasteiger partial charge in [-0.2, -0.15) is 0 Å². The fourth-order valence-corrected chi connectivity index (χ4v) is 2.41. The highest BCUT2D eigenvalue weighted by Gasteiger charge is 2.09. The normalized spacial score (nSPS) is 11.0. The summed E-state index contributed by atoms with van der Waals surface area (Å²) >= 11 is 5.87. The van der Waals surface area contributed by atoms with Crippen LogP contribution in [0.25, 0.3) is 6.08 Å². The van der Waals surface area contributed by atoms with Gasteiger partial charge in [-0.3, -0.25) is 4.79 Å². The van der Waals surface area contributed by atoms with Crippen molar-refractivity contribution in [3.8, 4) is 0 Å². The summed E-state index contributed by atoms with van der Waals surface area (Å²) in [5.41, 5.74) is 1.000. The number of hydrogen-bond acceptors (Lipinski definition) is 1. The molecule has 22 heavy (non-hydrogen) atoms. The SMILES string of the molecule is CCCCCN(CCCCC)C(=O)C=Cc1ccc(Cl)cc1. The van der Waals surface area contributed by atoms with Crippen LogP contribution in [-0.4, -0.2) is 23.9 Å². The highest BCUT2D eigenvalue weighted by Crippen LogP contribution is 2.11. The van der Waals surface area contributed by atoms with E-state index in [-0.39, 0.29) is 5.91 Å². The Morgan fingerprint density at radius 2 is 1.55 bits per heavy atom. The van der Waals surface area contributed by atoms with Crippen LogP contribution in [0.5, 0.6) is 0 Å². The zero-order valence-corrected chi connectivity index (χ0v) is 14.6. The van der Waals surface area contributed by atoms with E-state index in [9.17, 15) is 4.79 Å². The largest absolute Gasteiger partial charge is 0.339 e. The minimum Gasteiger partial charge on any atom is -0.339 e. The second-order valence-corrected chi connectivity index (χ2v) is 6.06. The Morgan fingerprint density at radius 1 is 1.00 bits per heavy atom. The average molecular weight is 322 g/mol. The highest BCUT2D eigenvalue weighted by atomic mass is 35.5. The van der Waals surface area contributed by atoms with Gasteiger partial charge in [-0.15, -0.1) is 0 Å².